The normalized spacial score (nSPS) is 17.7. The van der Waals surface area contributed by atoms with Crippen LogP contribution in [-0.2, 0) is 33.9 Å². The molecule has 236 valence electrons. The monoisotopic (exact) mass is 626 g/mol. The van der Waals surface area contributed by atoms with Gasteiger partial charge in [-0.2, -0.15) is 0 Å². The number of halogens is 1. The summed E-state index contributed by atoms with van der Waals surface area (Å²) in [5.74, 6) is 0.959. The van der Waals surface area contributed by atoms with Crippen molar-refractivity contribution in [2.75, 3.05) is 20.3 Å². The van der Waals surface area contributed by atoms with Gasteiger partial charge in [0, 0.05) is 25.1 Å². The standard InChI is InChI=1S/C23H26ClNO4.C15H17N/c1-16-22-19(17-9-10-17)15-21(27)23(24)20(22)14-18(25-29-13-11-26)8-6-4-2-3-5-7-12-28-16;1-16(12-14-8-4-2-5-9-14)13-15-10-6-3-7-11-15/h3,5-6,8,11,15,17,27H,1-2,4,7,9-10,12-14H2;2-11H,12-13H2,1H3/b5-3+,8-6+,25-18-;. The molecule has 3 aromatic rings. The Kier molecular flexibility index (Phi) is 13.5. The molecule has 0 amide bonds. The zero-order valence-electron chi connectivity index (χ0n) is 26.0. The molecule has 1 aliphatic heterocycles. The number of benzene rings is 3. The molecule has 0 unspecified atom stereocenters. The third kappa shape index (κ3) is 11.1. The number of rotatable bonds is 8. The van der Waals surface area contributed by atoms with E-state index >= 15 is 0 Å². The van der Waals surface area contributed by atoms with Crippen molar-refractivity contribution in [2.45, 2.75) is 57.5 Å². The Bertz CT molecular complexity index is 1440. The summed E-state index contributed by atoms with van der Waals surface area (Å²) < 4.78 is 5.94. The number of carbonyl (C=O) groups excluding carboxylic acids is 1. The van der Waals surface area contributed by atoms with E-state index in [2.05, 4.69) is 96.5 Å². The third-order valence-corrected chi connectivity index (χ3v) is 7.90. The van der Waals surface area contributed by atoms with Crippen LogP contribution in [0.1, 0.15) is 65.8 Å². The van der Waals surface area contributed by atoms with Crippen LogP contribution in [0.15, 0.2) is 103 Å². The lowest BCUT2D eigenvalue weighted by Gasteiger charge is -2.20. The molecule has 1 saturated carbocycles. The van der Waals surface area contributed by atoms with E-state index in [0.29, 0.717) is 42.3 Å². The number of hydrogen-bond donors (Lipinski definition) is 1. The maximum absolute atomic E-state index is 10.6. The largest absolute Gasteiger partial charge is 0.506 e. The number of phenolic OH excluding ortho intramolecular Hbond substituents is 1. The second kappa shape index (κ2) is 18.0. The van der Waals surface area contributed by atoms with Gasteiger partial charge in [-0.25, -0.2) is 0 Å². The van der Waals surface area contributed by atoms with Crippen LogP contribution in [0.2, 0.25) is 5.02 Å². The molecule has 0 saturated heterocycles. The fraction of sp³-hybridized carbons (Fsp3) is 0.316. The molecule has 0 bridgehead atoms. The molecule has 7 heteroatoms. The summed E-state index contributed by atoms with van der Waals surface area (Å²) >= 11 is 6.52. The number of aromatic hydroxyl groups is 1. The molecular formula is C38H43ClN2O4. The summed E-state index contributed by atoms with van der Waals surface area (Å²) in [5.41, 5.74) is 5.89. The van der Waals surface area contributed by atoms with Gasteiger partial charge in [-0.1, -0.05) is 102 Å². The second-order valence-electron chi connectivity index (χ2n) is 11.3. The SMILES string of the molecule is C=C1OCC/C=C/CC/C=C/C(=N/OCC=O)Cc2c(Cl)c(O)cc(C3CC3)c21.CN(Cc1ccccc1)Cc1ccccc1. The highest BCUT2D eigenvalue weighted by Crippen LogP contribution is 2.48. The van der Waals surface area contributed by atoms with E-state index in [0.717, 1.165) is 56.3 Å². The second-order valence-corrected chi connectivity index (χ2v) is 11.7. The topological polar surface area (TPSA) is 71.4 Å². The van der Waals surface area contributed by atoms with Crippen molar-refractivity contribution in [1.29, 1.82) is 0 Å². The first-order valence-corrected chi connectivity index (χ1v) is 15.9. The quantitative estimate of drug-likeness (QED) is 0.117. The summed E-state index contributed by atoms with van der Waals surface area (Å²) in [6, 6.07) is 22.9. The molecule has 1 aliphatic carbocycles. The van der Waals surface area contributed by atoms with Gasteiger partial charge in [-0.05, 0) is 79.5 Å². The number of phenols is 1. The van der Waals surface area contributed by atoms with Crippen LogP contribution in [0.3, 0.4) is 0 Å². The fourth-order valence-corrected chi connectivity index (χ4v) is 5.42. The molecular weight excluding hydrogens is 584 g/mol. The summed E-state index contributed by atoms with van der Waals surface area (Å²) in [6.45, 7) is 6.54. The van der Waals surface area contributed by atoms with Gasteiger partial charge in [0.25, 0.3) is 0 Å². The lowest BCUT2D eigenvalue weighted by Crippen LogP contribution is -2.16. The molecule has 1 fully saturated rings. The number of oxime groups is 1. The molecule has 0 atom stereocenters. The number of aldehydes is 1. The zero-order valence-corrected chi connectivity index (χ0v) is 26.8. The summed E-state index contributed by atoms with van der Waals surface area (Å²) in [4.78, 5) is 18.0. The minimum absolute atomic E-state index is 0.0429. The van der Waals surface area contributed by atoms with Crippen LogP contribution >= 0.6 is 11.6 Å². The molecule has 2 aliphatic rings. The van der Waals surface area contributed by atoms with Crippen molar-refractivity contribution in [3.05, 3.63) is 130 Å². The van der Waals surface area contributed by atoms with E-state index in [9.17, 15) is 9.90 Å². The number of nitrogens with zero attached hydrogens (tertiary/aromatic N) is 2. The van der Waals surface area contributed by atoms with Gasteiger partial charge in [0.05, 0.1) is 17.3 Å². The highest BCUT2D eigenvalue weighted by molar-refractivity contribution is 6.33. The van der Waals surface area contributed by atoms with Crippen molar-refractivity contribution < 1.29 is 19.5 Å². The highest BCUT2D eigenvalue weighted by atomic mass is 35.5. The average Bonchev–Trinajstić information content (AvgIpc) is 3.89. The van der Waals surface area contributed by atoms with E-state index in [-0.39, 0.29) is 17.4 Å². The van der Waals surface area contributed by atoms with Crippen LogP contribution < -0.4 is 0 Å². The van der Waals surface area contributed by atoms with Gasteiger partial charge in [0.2, 0.25) is 0 Å². The van der Waals surface area contributed by atoms with E-state index in [1.807, 2.05) is 12.2 Å². The molecule has 1 heterocycles. The van der Waals surface area contributed by atoms with Crippen molar-refractivity contribution in [1.82, 2.24) is 4.90 Å². The predicted octanol–water partition coefficient (Wildman–Crippen LogP) is 8.64. The lowest BCUT2D eigenvalue weighted by atomic mass is 9.92. The minimum Gasteiger partial charge on any atom is -0.506 e. The van der Waals surface area contributed by atoms with Crippen molar-refractivity contribution in [3.63, 3.8) is 0 Å². The lowest BCUT2D eigenvalue weighted by molar-refractivity contribution is -0.111. The fourth-order valence-electron chi connectivity index (χ4n) is 5.20. The van der Waals surface area contributed by atoms with E-state index in [1.165, 1.54) is 11.1 Å². The van der Waals surface area contributed by atoms with Gasteiger partial charge in [0.1, 0.15) is 11.5 Å². The van der Waals surface area contributed by atoms with Crippen molar-refractivity contribution in [3.8, 4) is 5.75 Å². The van der Waals surface area contributed by atoms with E-state index < -0.39 is 0 Å². The molecule has 5 rings (SSSR count). The first-order chi connectivity index (χ1) is 22.0. The Morgan fingerprint density at radius 1 is 1.00 bits per heavy atom. The predicted molar refractivity (Wildman–Crippen MR) is 183 cm³/mol. The zero-order chi connectivity index (χ0) is 31.9. The molecule has 0 aromatic heterocycles. The van der Waals surface area contributed by atoms with Gasteiger partial charge >= 0.3 is 0 Å². The first kappa shape index (κ1) is 33.8. The maximum atomic E-state index is 10.6. The van der Waals surface area contributed by atoms with Crippen LogP contribution in [0.4, 0.5) is 0 Å². The third-order valence-electron chi connectivity index (χ3n) is 7.48. The molecule has 45 heavy (non-hydrogen) atoms. The van der Waals surface area contributed by atoms with Crippen molar-refractivity contribution >= 4 is 29.4 Å². The molecule has 0 radical (unpaired) electrons. The number of fused-ring (bicyclic) bond motifs is 1. The Hall–Kier alpha value is -4.13. The summed E-state index contributed by atoms with van der Waals surface area (Å²) in [5, 5.41) is 14.8. The summed E-state index contributed by atoms with van der Waals surface area (Å²) in [7, 11) is 2.15. The Labute approximate surface area is 272 Å². The van der Waals surface area contributed by atoms with Crippen molar-refractivity contribution in [2.24, 2.45) is 5.16 Å². The van der Waals surface area contributed by atoms with Crippen LogP contribution in [-0.4, -0.2) is 42.3 Å². The van der Waals surface area contributed by atoms with Gasteiger partial charge in [0.15, 0.2) is 12.9 Å². The number of carbonyl (C=O) groups is 1. The number of hydrogen-bond acceptors (Lipinski definition) is 6. The van der Waals surface area contributed by atoms with Crippen LogP contribution in [0, 0.1) is 0 Å². The van der Waals surface area contributed by atoms with Gasteiger partial charge < -0.3 is 14.7 Å². The first-order valence-electron chi connectivity index (χ1n) is 15.5. The van der Waals surface area contributed by atoms with Crippen LogP contribution in [0.5, 0.6) is 5.75 Å². The van der Waals surface area contributed by atoms with Crippen LogP contribution in [0.25, 0.3) is 5.76 Å². The number of allylic oxidation sites excluding steroid dienone is 3. The Balaban J connectivity index is 0.000000242. The number of ether oxygens (including phenoxy) is 1. The minimum atomic E-state index is -0.121. The van der Waals surface area contributed by atoms with Gasteiger partial charge in [-0.15, -0.1) is 0 Å². The molecule has 3 aromatic carbocycles. The average molecular weight is 627 g/mol. The molecule has 6 nitrogen and oxygen atoms in total. The Morgan fingerprint density at radius 3 is 2.24 bits per heavy atom. The van der Waals surface area contributed by atoms with E-state index in [1.54, 1.807) is 6.07 Å². The summed E-state index contributed by atoms with van der Waals surface area (Å²) in [6.07, 6.45) is 13.8. The van der Waals surface area contributed by atoms with E-state index in [4.69, 9.17) is 21.2 Å². The maximum Gasteiger partial charge on any atom is 0.172 e. The highest BCUT2D eigenvalue weighted by Gasteiger charge is 2.31. The smallest absolute Gasteiger partial charge is 0.172 e. The Morgan fingerprint density at radius 2 is 1.62 bits per heavy atom. The molecule has 1 N–H and O–H groups in total. The van der Waals surface area contributed by atoms with Gasteiger partial charge in [-0.3, -0.25) is 9.69 Å². The molecule has 0 spiro atoms.